The number of aryl methyl sites for hydroxylation is 1. The number of rotatable bonds is 3. The molecule has 0 spiro atoms. The Balaban J connectivity index is 2.34. The Morgan fingerprint density at radius 2 is 1.79 bits per heavy atom. The lowest BCUT2D eigenvalue weighted by molar-refractivity contribution is 0.00578. The van der Waals surface area contributed by atoms with Crippen LogP contribution in [0.25, 0.3) is 0 Å². The number of nitrogens with zero attached hydrogens (tertiary/aromatic N) is 1. The van der Waals surface area contributed by atoms with E-state index in [4.69, 9.17) is 14.0 Å². The van der Waals surface area contributed by atoms with Crippen LogP contribution in [0.3, 0.4) is 0 Å². The fourth-order valence-corrected chi connectivity index (χ4v) is 2.08. The van der Waals surface area contributed by atoms with Crippen molar-refractivity contribution in [2.45, 2.75) is 52.4 Å². The van der Waals surface area contributed by atoms with E-state index < -0.39 is 7.12 Å². The monoisotopic (exact) mass is 263 g/mol. The first-order chi connectivity index (χ1) is 8.77. The van der Waals surface area contributed by atoms with Crippen molar-refractivity contribution < 1.29 is 14.0 Å². The molecule has 0 amide bonds. The number of pyridine rings is 1. The van der Waals surface area contributed by atoms with Gasteiger partial charge in [0.2, 0.25) is 0 Å². The maximum Gasteiger partial charge on any atom is 0.514 e. The van der Waals surface area contributed by atoms with Gasteiger partial charge in [-0.1, -0.05) is 6.07 Å². The molecule has 1 aliphatic heterocycles. The Hall–Kier alpha value is -0.905. The van der Waals surface area contributed by atoms with Gasteiger partial charge in [-0.15, -0.1) is 0 Å². The molecular formula is C14H22BNO3. The number of methoxy groups -OCH3 is 1. The molecule has 0 unspecified atom stereocenters. The normalized spacial score (nSPS) is 20.8. The summed E-state index contributed by atoms with van der Waals surface area (Å²) < 4.78 is 17.3. The van der Waals surface area contributed by atoms with Gasteiger partial charge < -0.3 is 14.0 Å². The lowest BCUT2D eigenvalue weighted by Gasteiger charge is -2.32. The molecule has 4 nitrogen and oxygen atoms in total. The van der Waals surface area contributed by atoms with Crippen LogP contribution in [0, 0.1) is 6.92 Å². The first-order valence-electron chi connectivity index (χ1n) is 6.57. The van der Waals surface area contributed by atoms with Gasteiger partial charge in [-0.3, -0.25) is 4.98 Å². The van der Waals surface area contributed by atoms with E-state index in [-0.39, 0.29) is 11.2 Å². The van der Waals surface area contributed by atoms with Crippen molar-refractivity contribution in [3.8, 4) is 0 Å². The number of hydrogen-bond donors (Lipinski definition) is 0. The summed E-state index contributed by atoms with van der Waals surface area (Å²) in [5, 5.41) is 0. The Morgan fingerprint density at radius 1 is 1.21 bits per heavy atom. The summed E-state index contributed by atoms with van der Waals surface area (Å²) >= 11 is 0. The van der Waals surface area contributed by atoms with E-state index in [1.54, 1.807) is 7.11 Å². The van der Waals surface area contributed by atoms with E-state index in [0.717, 1.165) is 16.7 Å². The van der Waals surface area contributed by atoms with Crippen LogP contribution in [0.5, 0.6) is 0 Å². The van der Waals surface area contributed by atoms with Crippen molar-refractivity contribution in [3.05, 3.63) is 23.4 Å². The van der Waals surface area contributed by atoms with Crippen LogP contribution >= 0.6 is 0 Å². The molecule has 1 fully saturated rings. The zero-order valence-electron chi connectivity index (χ0n) is 12.6. The first-order valence-corrected chi connectivity index (χ1v) is 6.57. The Bertz CT molecular complexity index is 458. The van der Waals surface area contributed by atoms with Gasteiger partial charge in [-0.05, 0) is 45.7 Å². The minimum Gasteiger partial charge on any atom is -0.398 e. The van der Waals surface area contributed by atoms with Gasteiger partial charge in [0.25, 0.3) is 0 Å². The first kappa shape index (κ1) is 14.5. The van der Waals surface area contributed by atoms with Crippen LogP contribution in [0.2, 0.25) is 0 Å². The van der Waals surface area contributed by atoms with Crippen LogP contribution in [0.4, 0.5) is 0 Å². The van der Waals surface area contributed by atoms with E-state index in [2.05, 4.69) is 11.1 Å². The van der Waals surface area contributed by atoms with Crippen molar-refractivity contribution in [1.29, 1.82) is 0 Å². The third-order valence-corrected chi connectivity index (χ3v) is 3.91. The Morgan fingerprint density at radius 3 is 2.32 bits per heavy atom. The maximum absolute atomic E-state index is 6.04. The number of ether oxygens (including phenoxy) is 1. The predicted molar refractivity (Wildman–Crippen MR) is 75.4 cm³/mol. The third kappa shape index (κ3) is 2.68. The fraction of sp³-hybridized carbons (Fsp3) is 0.643. The Labute approximate surface area is 115 Å². The maximum atomic E-state index is 6.04. The minimum atomic E-state index is -0.434. The molecule has 2 rings (SSSR count). The van der Waals surface area contributed by atoms with E-state index in [1.165, 1.54) is 0 Å². The molecule has 0 radical (unpaired) electrons. The number of aromatic nitrogens is 1. The molecule has 0 saturated carbocycles. The highest BCUT2D eigenvalue weighted by Crippen LogP contribution is 2.36. The molecule has 0 aromatic carbocycles. The molecule has 1 aromatic rings. The van der Waals surface area contributed by atoms with E-state index in [1.807, 2.05) is 40.8 Å². The van der Waals surface area contributed by atoms with Crippen molar-refractivity contribution in [2.24, 2.45) is 0 Å². The zero-order valence-corrected chi connectivity index (χ0v) is 12.6. The standard InChI is InChI=1S/C14H22BNO3/c1-10-7-11(9-17-6)12(16-8-10)15-18-13(2,3)14(4,5)19-15/h7-8H,9H2,1-6H3. The number of hydrogen-bond acceptors (Lipinski definition) is 4. The molecule has 104 valence electrons. The summed E-state index contributed by atoms with van der Waals surface area (Å²) in [5.41, 5.74) is 2.22. The molecule has 0 N–H and O–H groups in total. The van der Waals surface area contributed by atoms with Gasteiger partial charge in [0.1, 0.15) is 0 Å². The molecule has 1 aromatic heterocycles. The molecule has 1 aliphatic rings. The van der Waals surface area contributed by atoms with Crippen LogP contribution in [0.1, 0.15) is 38.8 Å². The average molecular weight is 263 g/mol. The molecule has 2 heterocycles. The molecule has 0 aliphatic carbocycles. The molecule has 0 atom stereocenters. The van der Waals surface area contributed by atoms with Crippen molar-refractivity contribution in [1.82, 2.24) is 4.98 Å². The molecule has 0 bridgehead atoms. The second-order valence-electron chi connectivity index (χ2n) is 6.08. The summed E-state index contributed by atoms with van der Waals surface area (Å²) in [7, 11) is 1.24. The van der Waals surface area contributed by atoms with Crippen LogP contribution in [-0.2, 0) is 20.7 Å². The third-order valence-electron chi connectivity index (χ3n) is 3.91. The minimum absolute atomic E-state index is 0.353. The summed E-state index contributed by atoms with van der Waals surface area (Å²) in [6, 6.07) is 2.07. The van der Waals surface area contributed by atoms with E-state index in [9.17, 15) is 0 Å². The smallest absolute Gasteiger partial charge is 0.398 e. The van der Waals surface area contributed by atoms with E-state index >= 15 is 0 Å². The highest BCUT2D eigenvalue weighted by atomic mass is 16.7. The van der Waals surface area contributed by atoms with E-state index in [0.29, 0.717) is 6.61 Å². The predicted octanol–water partition coefficient (Wildman–Crippen LogP) is 1.84. The van der Waals surface area contributed by atoms with Gasteiger partial charge in [-0.25, -0.2) is 0 Å². The molecule has 1 saturated heterocycles. The molecule has 19 heavy (non-hydrogen) atoms. The topological polar surface area (TPSA) is 40.6 Å². The average Bonchev–Trinajstić information content (AvgIpc) is 2.48. The summed E-state index contributed by atoms with van der Waals surface area (Å²) in [6.07, 6.45) is 1.83. The van der Waals surface area contributed by atoms with Crippen LogP contribution in [0.15, 0.2) is 12.3 Å². The van der Waals surface area contributed by atoms with Crippen molar-refractivity contribution >= 4 is 12.7 Å². The molecular weight excluding hydrogens is 241 g/mol. The summed E-state index contributed by atoms with van der Waals surface area (Å²) in [6.45, 7) is 10.7. The second-order valence-corrected chi connectivity index (χ2v) is 6.08. The lowest BCUT2D eigenvalue weighted by Crippen LogP contribution is -2.41. The molecule has 5 heteroatoms. The van der Waals surface area contributed by atoms with Gasteiger partial charge in [0, 0.05) is 13.3 Å². The van der Waals surface area contributed by atoms with Gasteiger partial charge in [-0.2, -0.15) is 0 Å². The fourth-order valence-electron chi connectivity index (χ4n) is 2.08. The quantitative estimate of drug-likeness (QED) is 0.780. The largest absolute Gasteiger partial charge is 0.514 e. The van der Waals surface area contributed by atoms with Crippen LogP contribution < -0.4 is 5.59 Å². The second kappa shape index (κ2) is 4.89. The summed E-state index contributed by atoms with van der Waals surface area (Å²) in [4.78, 5) is 4.48. The van der Waals surface area contributed by atoms with Crippen molar-refractivity contribution in [3.63, 3.8) is 0 Å². The highest BCUT2D eigenvalue weighted by Gasteiger charge is 2.52. The lowest BCUT2D eigenvalue weighted by atomic mass is 9.80. The van der Waals surface area contributed by atoms with Gasteiger partial charge in [0.15, 0.2) is 0 Å². The van der Waals surface area contributed by atoms with Crippen molar-refractivity contribution in [2.75, 3.05) is 7.11 Å². The van der Waals surface area contributed by atoms with Gasteiger partial charge in [0.05, 0.1) is 23.4 Å². The van der Waals surface area contributed by atoms with Gasteiger partial charge >= 0.3 is 7.12 Å². The SMILES string of the molecule is COCc1cc(C)cnc1B1OC(C)(C)C(C)(C)O1. The summed E-state index contributed by atoms with van der Waals surface area (Å²) in [5.74, 6) is 0. The Kier molecular flexibility index (Phi) is 3.73. The highest BCUT2D eigenvalue weighted by molar-refractivity contribution is 6.61. The zero-order chi connectivity index (χ0) is 14.3. The van der Waals surface area contributed by atoms with Crippen LogP contribution in [-0.4, -0.2) is 30.4 Å².